The maximum atomic E-state index is 11.2. The summed E-state index contributed by atoms with van der Waals surface area (Å²) >= 11 is 3.16. The summed E-state index contributed by atoms with van der Waals surface area (Å²) in [7, 11) is 0. The van der Waals surface area contributed by atoms with Gasteiger partial charge in [-0.1, -0.05) is 13.8 Å². The second-order valence-electron chi connectivity index (χ2n) is 4.06. The number of amides is 1. The molecule has 0 heterocycles. The Morgan fingerprint density at radius 2 is 2.11 bits per heavy atom. The minimum absolute atomic E-state index is 0.0607. The van der Waals surface area contributed by atoms with E-state index in [1.165, 1.54) is 18.2 Å². The van der Waals surface area contributed by atoms with Crippen LogP contribution in [0.3, 0.4) is 0 Å². The van der Waals surface area contributed by atoms with Crippen LogP contribution in [0, 0.1) is 16.0 Å². The average molecular weight is 317 g/mol. The third kappa shape index (κ3) is 3.43. The molecule has 0 aliphatic heterocycles. The zero-order valence-corrected chi connectivity index (χ0v) is 11.5. The largest absolute Gasteiger partial charge is 0.479 e. The predicted molar refractivity (Wildman–Crippen MR) is 69.2 cm³/mol. The summed E-state index contributed by atoms with van der Waals surface area (Å²) in [6.45, 7) is 3.60. The van der Waals surface area contributed by atoms with Gasteiger partial charge in [-0.2, -0.15) is 0 Å². The van der Waals surface area contributed by atoms with Gasteiger partial charge >= 0.3 is 0 Å². The van der Waals surface area contributed by atoms with Crippen LogP contribution in [0.2, 0.25) is 0 Å². The van der Waals surface area contributed by atoms with Crippen LogP contribution in [-0.2, 0) is 4.79 Å². The van der Waals surface area contributed by atoms with Crippen molar-refractivity contribution < 1.29 is 14.5 Å². The highest BCUT2D eigenvalue weighted by molar-refractivity contribution is 9.10. The molecule has 0 saturated carbocycles. The van der Waals surface area contributed by atoms with Crippen molar-refractivity contribution >= 4 is 27.5 Å². The Kier molecular flexibility index (Phi) is 4.66. The molecular formula is C11H13BrN2O4. The highest BCUT2D eigenvalue weighted by Crippen LogP contribution is 2.30. The topological polar surface area (TPSA) is 95.5 Å². The van der Waals surface area contributed by atoms with Crippen molar-refractivity contribution in [3.63, 3.8) is 0 Å². The fraction of sp³-hybridized carbons (Fsp3) is 0.364. The molecule has 0 aliphatic rings. The number of hydrogen-bond donors (Lipinski definition) is 1. The van der Waals surface area contributed by atoms with Gasteiger partial charge in [0.25, 0.3) is 11.6 Å². The maximum absolute atomic E-state index is 11.2. The first-order valence-corrected chi connectivity index (χ1v) is 6.02. The van der Waals surface area contributed by atoms with Crippen LogP contribution in [-0.4, -0.2) is 16.9 Å². The lowest BCUT2D eigenvalue weighted by Crippen LogP contribution is -2.38. The lowest BCUT2D eigenvalue weighted by molar-refractivity contribution is -0.385. The van der Waals surface area contributed by atoms with E-state index in [9.17, 15) is 14.9 Å². The number of hydrogen-bond acceptors (Lipinski definition) is 4. The molecule has 98 valence electrons. The number of primary amides is 1. The highest BCUT2D eigenvalue weighted by Gasteiger charge is 2.23. The van der Waals surface area contributed by atoms with Gasteiger partial charge in [0, 0.05) is 12.1 Å². The number of benzene rings is 1. The van der Waals surface area contributed by atoms with Gasteiger partial charge in [-0.05, 0) is 27.9 Å². The molecule has 1 atom stereocenters. The van der Waals surface area contributed by atoms with Crippen LogP contribution in [0.1, 0.15) is 13.8 Å². The Morgan fingerprint density at radius 3 is 2.50 bits per heavy atom. The van der Waals surface area contributed by atoms with E-state index in [1.807, 2.05) is 0 Å². The van der Waals surface area contributed by atoms with E-state index in [1.54, 1.807) is 13.8 Å². The van der Waals surface area contributed by atoms with E-state index < -0.39 is 16.9 Å². The molecule has 1 amide bonds. The van der Waals surface area contributed by atoms with E-state index in [2.05, 4.69) is 15.9 Å². The first-order valence-electron chi connectivity index (χ1n) is 5.23. The summed E-state index contributed by atoms with van der Waals surface area (Å²) in [5.41, 5.74) is 5.17. The normalized spacial score (nSPS) is 12.2. The molecule has 6 nitrogen and oxygen atoms in total. The molecule has 0 fully saturated rings. The molecule has 1 rings (SSSR count). The Labute approximate surface area is 112 Å². The number of halogens is 1. The molecule has 0 bridgehead atoms. The third-order valence-electron chi connectivity index (χ3n) is 2.27. The number of carbonyl (C=O) groups excluding carboxylic acids is 1. The van der Waals surface area contributed by atoms with Gasteiger partial charge < -0.3 is 10.5 Å². The number of rotatable bonds is 5. The highest BCUT2D eigenvalue weighted by atomic mass is 79.9. The summed E-state index contributed by atoms with van der Waals surface area (Å²) in [6, 6.07) is 4.05. The van der Waals surface area contributed by atoms with Gasteiger partial charge in [0.05, 0.1) is 9.40 Å². The Bertz CT molecular complexity index is 476. The minimum Gasteiger partial charge on any atom is -0.479 e. The van der Waals surface area contributed by atoms with Gasteiger partial charge in [0.2, 0.25) is 0 Å². The number of nitrogens with two attached hydrogens (primary N) is 1. The lowest BCUT2D eigenvalue weighted by atomic mass is 10.1. The molecule has 18 heavy (non-hydrogen) atoms. The maximum Gasteiger partial charge on any atom is 0.270 e. The van der Waals surface area contributed by atoms with Crippen molar-refractivity contribution in [2.45, 2.75) is 20.0 Å². The molecule has 1 aromatic carbocycles. The van der Waals surface area contributed by atoms with E-state index in [4.69, 9.17) is 10.5 Å². The average Bonchev–Trinajstić information content (AvgIpc) is 2.25. The first-order chi connectivity index (χ1) is 8.32. The lowest BCUT2D eigenvalue weighted by Gasteiger charge is -2.19. The predicted octanol–water partition coefficient (Wildman–Crippen LogP) is 2.25. The second-order valence-corrected chi connectivity index (χ2v) is 4.91. The van der Waals surface area contributed by atoms with Crippen molar-refractivity contribution in [2.24, 2.45) is 11.7 Å². The van der Waals surface area contributed by atoms with Crippen LogP contribution < -0.4 is 10.5 Å². The molecule has 2 N–H and O–H groups in total. The molecule has 0 saturated heterocycles. The Hall–Kier alpha value is -1.63. The number of carbonyl (C=O) groups is 1. The van der Waals surface area contributed by atoms with Crippen LogP contribution in [0.15, 0.2) is 22.7 Å². The zero-order chi connectivity index (χ0) is 13.9. The van der Waals surface area contributed by atoms with Crippen molar-refractivity contribution in [3.05, 3.63) is 32.8 Å². The van der Waals surface area contributed by atoms with Gasteiger partial charge in [0.15, 0.2) is 6.10 Å². The molecule has 0 aromatic heterocycles. The summed E-state index contributed by atoms with van der Waals surface area (Å²) in [6.07, 6.45) is -0.775. The van der Waals surface area contributed by atoms with Crippen molar-refractivity contribution in [2.75, 3.05) is 0 Å². The quantitative estimate of drug-likeness (QED) is 0.665. The monoisotopic (exact) mass is 316 g/mol. The molecule has 0 aliphatic carbocycles. The standard InChI is InChI=1S/C11H13BrN2O4/c1-6(2)10(11(13)15)18-9-4-3-7(14(16)17)5-8(9)12/h3-6,10H,1-2H3,(H2,13,15). The minimum atomic E-state index is -0.775. The zero-order valence-electron chi connectivity index (χ0n) is 9.92. The van der Waals surface area contributed by atoms with Crippen molar-refractivity contribution in [1.29, 1.82) is 0 Å². The third-order valence-corrected chi connectivity index (χ3v) is 2.89. The van der Waals surface area contributed by atoms with Crippen molar-refractivity contribution in [1.82, 2.24) is 0 Å². The number of non-ortho nitro benzene ring substituents is 1. The van der Waals surface area contributed by atoms with Crippen LogP contribution in [0.25, 0.3) is 0 Å². The van der Waals surface area contributed by atoms with Crippen LogP contribution >= 0.6 is 15.9 Å². The first kappa shape index (κ1) is 14.4. The van der Waals surface area contributed by atoms with Crippen LogP contribution in [0.5, 0.6) is 5.75 Å². The van der Waals surface area contributed by atoms with E-state index in [0.29, 0.717) is 10.2 Å². The fourth-order valence-corrected chi connectivity index (χ4v) is 1.82. The number of nitro benzene ring substituents is 1. The molecule has 1 unspecified atom stereocenters. The number of ether oxygens (including phenoxy) is 1. The SMILES string of the molecule is CC(C)C(Oc1ccc([N+](=O)[O-])cc1Br)C(N)=O. The summed E-state index contributed by atoms with van der Waals surface area (Å²) < 4.78 is 5.86. The second kappa shape index (κ2) is 5.81. The van der Waals surface area contributed by atoms with Gasteiger partial charge in [-0.3, -0.25) is 14.9 Å². The van der Waals surface area contributed by atoms with Gasteiger partial charge in [-0.15, -0.1) is 0 Å². The van der Waals surface area contributed by atoms with Crippen molar-refractivity contribution in [3.8, 4) is 5.75 Å². The summed E-state index contributed by atoms with van der Waals surface area (Å²) in [5, 5.41) is 10.6. The number of nitrogens with zero attached hydrogens (tertiary/aromatic N) is 1. The van der Waals surface area contributed by atoms with Crippen LogP contribution in [0.4, 0.5) is 5.69 Å². The molecule has 0 radical (unpaired) electrons. The molecular weight excluding hydrogens is 304 g/mol. The fourth-order valence-electron chi connectivity index (χ4n) is 1.36. The van der Waals surface area contributed by atoms with E-state index in [0.717, 1.165) is 0 Å². The molecule has 0 spiro atoms. The van der Waals surface area contributed by atoms with Gasteiger partial charge in [0.1, 0.15) is 5.75 Å². The molecule has 7 heteroatoms. The smallest absolute Gasteiger partial charge is 0.270 e. The van der Waals surface area contributed by atoms with E-state index in [-0.39, 0.29) is 11.6 Å². The summed E-state index contributed by atoms with van der Waals surface area (Å²) in [5.74, 6) is -0.321. The summed E-state index contributed by atoms with van der Waals surface area (Å²) in [4.78, 5) is 21.3. The number of nitro groups is 1. The van der Waals surface area contributed by atoms with E-state index >= 15 is 0 Å². The van der Waals surface area contributed by atoms with Gasteiger partial charge in [-0.25, -0.2) is 0 Å². The Morgan fingerprint density at radius 1 is 1.50 bits per heavy atom. The Balaban J connectivity index is 2.97. The molecule has 1 aromatic rings.